The molecule has 0 aliphatic heterocycles. The van der Waals surface area contributed by atoms with Gasteiger partial charge in [-0.3, -0.25) is 4.79 Å². The van der Waals surface area contributed by atoms with Crippen LogP contribution in [0.25, 0.3) is 0 Å². The third kappa shape index (κ3) is 2.24. The van der Waals surface area contributed by atoms with Crippen LogP contribution in [0.2, 0.25) is 0 Å². The maximum Gasteiger partial charge on any atom is 0.348 e. The van der Waals surface area contributed by atoms with E-state index in [1.165, 1.54) is 14.0 Å². The van der Waals surface area contributed by atoms with Crippen molar-refractivity contribution in [1.29, 1.82) is 0 Å². The molecule has 1 heterocycles. The zero-order valence-electron chi connectivity index (χ0n) is 9.62. The number of carbonyl (C=O) groups excluding carboxylic acids is 2. The summed E-state index contributed by atoms with van der Waals surface area (Å²) in [7, 11) is 1.32. The fourth-order valence-electron chi connectivity index (χ4n) is 1.62. The van der Waals surface area contributed by atoms with E-state index in [1.807, 2.05) is 6.92 Å². The number of esters is 1. The molecule has 2 N–H and O–H groups in total. The quantitative estimate of drug-likeness (QED) is 0.648. The summed E-state index contributed by atoms with van der Waals surface area (Å²) < 4.78 is 4.68. The number of thiophene rings is 1. The summed E-state index contributed by atoms with van der Waals surface area (Å²) in [4.78, 5) is 23.4. The lowest BCUT2D eigenvalue weighted by molar-refractivity contribution is 0.0605. The van der Waals surface area contributed by atoms with Crippen LogP contribution >= 0.6 is 11.3 Å². The summed E-state index contributed by atoms with van der Waals surface area (Å²) in [5.41, 5.74) is 6.96. The Balaban J connectivity index is 3.34. The summed E-state index contributed by atoms with van der Waals surface area (Å²) in [6.07, 6.45) is 1.51. The first kappa shape index (κ1) is 12.7. The van der Waals surface area contributed by atoms with E-state index in [2.05, 4.69) is 4.74 Å². The number of nitrogens with two attached hydrogens (primary N) is 1. The maximum absolute atomic E-state index is 11.5. The molecule has 88 valence electrons. The minimum absolute atomic E-state index is 0.104. The van der Waals surface area contributed by atoms with Crippen LogP contribution in [0.5, 0.6) is 0 Å². The predicted molar refractivity (Wildman–Crippen MR) is 64.1 cm³/mol. The highest BCUT2D eigenvalue weighted by Crippen LogP contribution is 2.32. The molecule has 1 rings (SSSR count). The van der Waals surface area contributed by atoms with Crippen LogP contribution < -0.4 is 5.73 Å². The van der Waals surface area contributed by atoms with Gasteiger partial charge in [0.1, 0.15) is 4.88 Å². The Kier molecular flexibility index (Phi) is 4.06. The second kappa shape index (κ2) is 5.12. The molecule has 4 nitrogen and oxygen atoms in total. The summed E-state index contributed by atoms with van der Waals surface area (Å²) in [6.45, 7) is 3.44. The van der Waals surface area contributed by atoms with E-state index in [1.54, 1.807) is 0 Å². The van der Waals surface area contributed by atoms with E-state index in [4.69, 9.17) is 5.73 Å². The van der Waals surface area contributed by atoms with Crippen molar-refractivity contribution < 1.29 is 14.3 Å². The molecule has 0 fully saturated rings. The lowest BCUT2D eigenvalue weighted by atomic mass is 10.0. The monoisotopic (exact) mass is 241 g/mol. The van der Waals surface area contributed by atoms with Crippen LogP contribution in [0.1, 0.15) is 45.9 Å². The zero-order chi connectivity index (χ0) is 12.3. The lowest BCUT2D eigenvalue weighted by Gasteiger charge is -2.02. The Bertz CT molecular complexity index is 423. The van der Waals surface area contributed by atoms with Crippen molar-refractivity contribution in [3.8, 4) is 0 Å². The largest absolute Gasteiger partial charge is 0.465 e. The van der Waals surface area contributed by atoms with Crippen LogP contribution in [0.4, 0.5) is 5.00 Å². The average molecular weight is 241 g/mol. The second-order valence-corrected chi connectivity index (χ2v) is 4.50. The van der Waals surface area contributed by atoms with E-state index in [9.17, 15) is 9.59 Å². The van der Waals surface area contributed by atoms with Gasteiger partial charge in [0.25, 0.3) is 0 Å². The number of nitrogen functional groups attached to an aromatic ring is 1. The van der Waals surface area contributed by atoms with Crippen LogP contribution in [-0.2, 0) is 11.2 Å². The van der Waals surface area contributed by atoms with Gasteiger partial charge in [0.15, 0.2) is 5.78 Å². The first-order valence-corrected chi connectivity index (χ1v) is 5.84. The van der Waals surface area contributed by atoms with E-state index in [-0.39, 0.29) is 5.78 Å². The van der Waals surface area contributed by atoms with Gasteiger partial charge >= 0.3 is 5.97 Å². The number of carbonyl (C=O) groups is 2. The molecule has 0 saturated carbocycles. The van der Waals surface area contributed by atoms with Gasteiger partial charge in [-0.2, -0.15) is 0 Å². The van der Waals surface area contributed by atoms with E-state index in [0.29, 0.717) is 21.9 Å². The lowest BCUT2D eigenvalue weighted by Crippen LogP contribution is -2.05. The average Bonchev–Trinajstić information content (AvgIpc) is 2.55. The van der Waals surface area contributed by atoms with Crippen LogP contribution in [0, 0.1) is 0 Å². The summed E-state index contributed by atoms with van der Waals surface area (Å²) in [6, 6.07) is 0. The Labute approximate surface area is 98.4 Å². The molecule has 5 heteroatoms. The van der Waals surface area contributed by atoms with Crippen LogP contribution in [-0.4, -0.2) is 18.9 Å². The Morgan fingerprint density at radius 2 is 2.06 bits per heavy atom. The molecule has 0 aliphatic rings. The molecule has 0 aromatic carbocycles. The Hall–Kier alpha value is -1.36. The molecule has 0 atom stereocenters. The molecule has 16 heavy (non-hydrogen) atoms. The van der Waals surface area contributed by atoms with Crippen molar-refractivity contribution in [1.82, 2.24) is 0 Å². The highest BCUT2D eigenvalue weighted by Gasteiger charge is 2.23. The van der Waals surface area contributed by atoms with Crippen LogP contribution in [0.3, 0.4) is 0 Å². The van der Waals surface area contributed by atoms with Crippen molar-refractivity contribution in [3.63, 3.8) is 0 Å². The number of anilines is 1. The SMILES string of the molecule is CCCc1c(C(=O)OC)sc(N)c1C(C)=O. The van der Waals surface area contributed by atoms with Gasteiger partial charge < -0.3 is 10.5 Å². The molecular weight excluding hydrogens is 226 g/mol. The third-order valence-electron chi connectivity index (χ3n) is 2.26. The Morgan fingerprint density at radius 1 is 1.44 bits per heavy atom. The number of methoxy groups -OCH3 is 1. The minimum Gasteiger partial charge on any atom is -0.465 e. The molecule has 0 saturated heterocycles. The number of hydrogen-bond acceptors (Lipinski definition) is 5. The van der Waals surface area contributed by atoms with Gasteiger partial charge in [-0.1, -0.05) is 13.3 Å². The minimum atomic E-state index is -0.423. The van der Waals surface area contributed by atoms with Gasteiger partial charge in [0, 0.05) is 0 Å². The smallest absolute Gasteiger partial charge is 0.348 e. The molecule has 0 aliphatic carbocycles. The van der Waals surface area contributed by atoms with Gasteiger partial charge in [-0.05, 0) is 18.9 Å². The van der Waals surface area contributed by atoms with Gasteiger partial charge in [0.2, 0.25) is 0 Å². The Morgan fingerprint density at radius 3 is 2.50 bits per heavy atom. The van der Waals surface area contributed by atoms with Crippen molar-refractivity contribution in [2.24, 2.45) is 0 Å². The maximum atomic E-state index is 11.5. The molecular formula is C11H15NO3S. The van der Waals surface area contributed by atoms with Gasteiger partial charge in [-0.15, -0.1) is 11.3 Å². The second-order valence-electron chi connectivity index (χ2n) is 3.45. The van der Waals surface area contributed by atoms with Crippen molar-refractivity contribution in [3.05, 3.63) is 16.0 Å². The van der Waals surface area contributed by atoms with Crippen molar-refractivity contribution in [2.75, 3.05) is 12.8 Å². The van der Waals surface area contributed by atoms with Crippen LogP contribution in [0.15, 0.2) is 0 Å². The first-order chi connectivity index (χ1) is 7.52. The predicted octanol–water partition coefficient (Wildman–Crippen LogP) is 2.27. The highest BCUT2D eigenvalue weighted by atomic mass is 32.1. The standard InChI is InChI=1S/C11H15NO3S/c1-4-5-7-8(6(2)13)10(12)16-9(7)11(14)15-3/h4-5,12H2,1-3H3. The zero-order valence-corrected chi connectivity index (χ0v) is 10.4. The molecule has 0 bridgehead atoms. The normalized spacial score (nSPS) is 10.2. The fraction of sp³-hybridized carbons (Fsp3) is 0.455. The molecule has 0 radical (unpaired) electrons. The highest BCUT2D eigenvalue weighted by molar-refractivity contribution is 7.18. The molecule has 0 unspecified atom stereocenters. The van der Waals surface area contributed by atoms with Crippen molar-refractivity contribution >= 4 is 28.1 Å². The summed E-state index contributed by atoms with van der Waals surface area (Å²) in [5, 5.41) is 0.399. The molecule has 1 aromatic heterocycles. The van der Waals surface area contributed by atoms with Gasteiger partial charge in [0.05, 0.1) is 17.7 Å². The number of rotatable bonds is 4. The number of Topliss-reactive ketones (excluding diaryl/α,β-unsaturated/α-hetero) is 1. The fourth-order valence-corrected chi connectivity index (χ4v) is 2.70. The summed E-state index contributed by atoms with van der Waals surface area (Å²) >= 11 is 1.12. The molecule has 1 aromatic rings. The van der Waals surface area contributed by atoms with E-state index in [0.717, 1.165) is 23.3 Å². The third-order valence-corrected chi connectivity index (χ3v) is 3.30. The van der Waals surface area contributed by atoms with E-state index < -0.39 is 5.97 Å². The topological polar surface area (TPSA) is 69.4 Å². The first-order valence-electron chi connectivity index (χ1n) is 5.03. The molecule has 0 spiro atoms. The number of ether oxygens (including phenoxy) is 1. The number of hydrogen-bond donors (Lipinski definition) is 1. The molecule has 0 amide bonds. The van der Waals surface area contributed by atoms with Gasteiger partial charge in [-0.25, -0.2) is 4.79 Å². The summed E-state index contributed by atoms with van der Waals surface area (Å²) in [5.74, 6) is -0.528. The number of ketones is 1. The van der Waals surface area contributed by atoms with Crippen molar-refractivity contribution in [2.45, 2.75) is 26.7 Å². The van der Waals surface area contributed by atoms with E-state index >= 15 is 0 Å².